The molecule has 0 bridgehead atoms. The standard InChI is InChI=1S/C24H21BO4.C18H9ClO2.C12H24B2O4.C2H4O2.K/c1-23(2)24(3,4)29-25(28-23)16-10-7-9-15-21-19(27-22(15)16)13-12-18-20(21)14-8-5-6-11-17(14)26-18;19-12-6-3-5-11-17-15(21-18(11)12)9-8-14-16(17)10-4-1-2-7-13(10)20-14;1-9(2)10(3,4)16-13(15-9)14-17-11(5,6)12(7,8)18-14;1-2(3)4;/h5-13H,1-4H3;1-9H;1-8H3;1H3,(H,3,4);/q;;;;+1/p-1. The first kappa shape index (κ1) is 53.7. The average molecular weight is 1030 g/mol. The topological polar surface area (TPSA) is 148 Å². The number of fused-ring (bicyclic) bond motifs is 14. The Kier molecular flexibility index (Phi) is 14.1. The van der Waals surface area contributed by atoms with E-state index in [1.165, 1.54) is 0 Å². The molecule has 7 heterocycles. The van der Waals surface area contributed by atoms with Crippen LogP contribution in [0.25, 0.3) is 87.8 Å². The van der Waals surface area contributed by atoms with Crippen molar-refractivity contribution in [1.82, 2.24) is 0 Å². The summed E-state index contributed by atoms with van der Waals surface area (Å²) in [6.45, 7) is 25.4. The van der Waals surface area contributed by atoms with Crippen LogP contribution in [0.3, 0.4) is 0 Å². The number of hydrogen-bond acceptors (Lipinski definition) is 12. The predicted octanol–water partition coefficient (Wildman–Crippen LogP) is 9.93. The molecule has 4 aromatic heterocycles. The SMILES string of the molecule is CC(=O)[O-].CC1(C)OB(B2OC(C)(C)C(C)(C)O2)OC1(C)C.CC1(C)OB(c2cccc3c2oc2ccc4oc5ccccc5c4c23)OC1(C)C.Clc1cccc2c1oc1ccc3oc4ccccc4c3c12.[K+]. The van der Waals surface area contributed by atoms with E-state index >= 15 is 0 Å². The fourth-order valence-corrected chi connectivity index (χ4v) is 9.56. The first-order valence-corrected chi connectivity index (χ1v) is 24.6. The van der Waals surface area contributed by atoms with E-state index in [4.69, 9.17) is 67.1 Å². The van der Waals surface area contributed by atoms with E-state index in [2.05, 4.69) is 45.9 Å². The van der Waals surface area contributed by atoms with Crippen LogP contribution in [-0.2, 0) is 32.7 Å². The summed E-state index contributed by atoms with van der Waals surface area (Å²) < 4.78 is 60.7. The van der Waals surface area contributed by atoms with Gasteiger partial charge in [0.05, 0.1) is 38.6 Å². The van der Waals surface area contributed by atoms with Crippen molar-refractivity contribution in [2.24, 2.45) is 0 Å². The van der Waals surface area contributed by atoms with E-state index in [9.17, 15) is 0 Å². The van der Waals surface area contributed by atoms with E-state index in [1.54, 1.807) is 0 Å². The van der Waals surface area contributed by atoms with Gasteiger partial charge in [-0.15, -0.1) is 0 Å². The Balaban J connectivity index is 0.000000133. The minimum absolute atomic E-state index is 0. The van der Waals surface area contributed by atoms with Crippen molar-refractivity contribution >= 4 is 132 Å². The van der Waals surface area contributed by atoms with Crippen molar-refractivity contribution in [2.45, 2.75) is 124 Å². The smallest absolute Gasteiger partial charge is 0.550 e. The van der Waals surface area contributed by atoms with E-state index in [0.29, 0.717) is 5.02 Å². The Labute approximate surface area is 472 Å². The van der Waals surface area contributed by atoms with E-state index in [-0.39, 0.29) is 73.8 Å². The van der Waals surface area contributed by atoms with Gasteiger partial charge in [-0.05, 0) is 132 Å². The molecular formula is C56H57B3ClKO12. The van der Waals surface area contributed by atoms with Gasteiger partial charge in [-0.3, -0.25) is 0 Å². The second-order valence-corrected chi connectivity index (χ2v) is 22.1. The summed E-state index contributed by atoms with van der Waals surface area (Å²) in [5.74, 6) is -1.08. The Bertz CT molecular complexity index is 3650. The van der Waals surface area contributed by atoms with Crippen LogP contribution in [-0.4, -0.2) is 60.7 Å². The Morgan fingerprint density at radius 3 is 1.15 bits per heavy atom. The molecule has 17 heteroatoms. The zero-order valence-corrected chi connectivity index (χ0v) is 47.8. The van der Waals surface area contributed by atoms with Crippen LogP contribution < -0.4 is 62.0 Å². The molecule has 0 N–H and O–H groups in total. The summed E-state index contributed by atoms with van der Waals surface area (Å²) in [6.07, 6.45) is 0. The largest absolute Gasteiger partial charge is 1.00 e. The molecule has 3 aliphatic heterocycles. The monoisotopic (exact) mass is 1030 g/mol. The molecule has 0 atom stereocenters. The first-order chi connectivity index (χ1) is 33.8. The molecule has 73 heavy (non-hydrogen) atoms. The maximum Gasteiger partial charge on any atom is 1.00 e. The molecule has 0 aliphatic carbocycles. The number of halogens is 1. The minimum Gasteiger partial charge on any atom is -0.550 e. The third-order valence-corrected chi connectivity index (χ3v) is 15.6. The molecule has 0 saturated carbocycles. The molecule has 13 rings (SSSR count). The molecule has 3 fully saturated rings. The number of hydrogen-bond donors (Lipinski definition) is 0. The number of carboxylic acids is 1. The van der Waals surface area contributed by atoms with Crippen molar-refractivity contribution in [1.29, 1.82) is 0 Å². The third kappa shape index (κ3) is 9.41. The second kappa shape index (κ2) is 19.2. The van der Waals surface area contributed by atoms with Gasteiger partial charge >= 0.3 is 72.5 Å². The summed E-state index contributed by atoms with van der Waals surface area (Å²) in [4.78, 5) is 8.89. The summed E-state index contributed by atoms with van der Waals surface area (Å²) in [5.41, 5.74) is 5.37. The van der Waals surface area contributed by atoms with Crippen LogP contribution in [0.15, 0.2) is 127 Å². The van der Waals surface area contributed by atoms with Gasteiger partial charge in [0.2, 0.25) is 0 Å². The van der Waals surface area contributed by atoms with Gasteiger partial charge < -0.3 is 55.5 Å². The van der Waals surface area contributed by atoms with Crippen LogP contribution in [0.1, 0.15) is 90.0 Å². The van der Waals surface area contributed by atoms with Gasteiger partial charge in [0.25, 0.3) is 0 Å². The molecule has 3 aliphatic rings. The zero-order chi connectivity index (χ0) is 51.5. The van der Waals surface area contributed by atoms with Crippen molar-refractivity contribution < 1.29 is 107 Å². The molecule has 12 nitrogen and oxygen atoms in total. The maximum absolute atomic E-state index is 8.89. The molecule has 0 unspecified atom stereocenters. The van der Waals surface area contributed by atoms with Gasteiger partial charge in [-0.25, -0.2) is 0 Å². The molecule has 0 radical (unpaired) electrons. The van der Waals surface area contributed by atoms with Crippen molar-refractivity contribution in [3.63, 3.8) is 0 Å². The first-order valence-electron chi connectivity index (χ1n) is 24.2. The average Bonchev–Trinajstić information content (AvgIpc) is 4.15. The molecule has 370 valence electrons. The van der Waals surface area contributed by atoms with Gasteiger partial charge in [0.1, 0.15) is 39.1 Å². The Hall–Kier alpha value is -4.13. The van der Waals surface area contributed by atoms with Gasteiger partial charge in [-0.1, -0.05) is 78.3 Å². The number of carbonyl (C=O) groups is 1. The van der Waals surface area contributed by atoms with E-state index < -0.39 is 38.3 Å². The predicted molar refractivity (Wildman–Crippen MR) is 286 cm³/mol. The van der Waals surface area contributed by atoms with Crippen molar-refractivity contribution in [3.8, 4) is 0 Å². The van der Waals surface area contributed by atoms with Gasteiger partial charge in [0, 0.05) is 54.5 Å². The number of carboxylic acid groups (broad SMARTS) is 1. The minimum atomic E-state index is -1.08. The summed E-state index contributed by atoms with van der Waals surface area (Å²) in [6, 6.07) is 36.0. The number of benzene rings is 6. The number of carbonyl (C=O) groups excluding carboxylic acids is 1. The molecule has 0 spiro atoms. The van der Waals surface area contributed by atoms with E-state index in [1.807, 2.05) is 146 Å². The van der Waals surface area contributed by atoms with Crippen LogP contribution in [0.5, 0.6) is 0 Å². The number of rotatable bonds is 2. The molecule has 3 saturated heterocycles. The van der Waals surface area contributed by atoms with E-state index in [0.717, 1.165) is 100 Å². The summed E-state index contributed by atoms with van der Waals surface area (Å²) in [5, 5.41) is 18.1. The zero-order valence-electron chi connectivity index (χ0n) is 43.9. The van der Waals surface area contributed by atoms with Crippen molar-refractivity contribution in [2.75, 3.05) is 0 Å². The molecule has 0 amide bonds. The number of furan rings is 4. The normalized spacial score (nSPS) is 19.1. The number of para-hydroxylation sites is 4. The second-order valence-electron chi connectivity index (χ2n) is 21.7. The quantitative estimate of drug-likeness (QED) is 0.152. The molecular weight excluding hydrogens is 972 g/mol. The van der Waals surface area contributed by atoms with Gasteiger partial charge in [-0.2, -0.15) is 0 Å². The van der Waals surface area contributed by atoms with Crippen LogP contribution in [0.2, 0.25) is 5.02 Å². The van der Waals surface area contributed by atoms with Crippen LogP contribution in [0, 0.1) is 0 Å². The molecule has 6 aromatic carbocycles. The molecule has 10 aromatic rings. The Morgan fingerprint density at radius 1 is 0.411 bits per heavy atom. The third-order valence-electron chi connectivity index (χ3n) is 15.3. The Morgan fingerprint density at radius 2 is 0.726 bits per heavy atom. The van der Waals surface area contributed by atoms with Gasteiger partial charge in [0.15, 0.2) is 5.58 Å². The van der Waals surface area contributed by atoms with Crippen LogP contribution >= 0.6 is 11.6 Å². The fraction of sp³-hybridized carbons (Fsp3) is 0.339. The maximum atomic E-state index is 8.89. The summed E-state index contributed by atoms with van der Waals surface area (Å²) in [7, 11) is -1.42. The summed E-state index contributed by atoms with van der Waals surface area (Å²) >= 11 is 6.25. The van der Waals surface area contributed by atoms with Crippen LogP contribution in [0.4, 0.5) is 0 Å². The fourth-order valence-electron chi connectivity index (χ4n) is 9.35. The van der Waals surface area contributed by atoms with Crippen molar-refractivity contribution in [3.05, 3.63) is 114 Å². The number of aliphatic carboxylic acids is 1.